The number of amides is 1. The molecule has 0 atom stereocenters. The summed E-state index contributed by atoms with van der Waals surface area (Å²) in [6.45, 7) is 4.99. The molecule has 0 fully saturated rings. The SMILES string of the molecule is Cc1ccc(OCCC(=O)NCCc2nc3ccccc3[nH]2)c(C)c1. The van der Waals surface area contributed by atoms with Gasteiger partial charge in [0.05, 0.1) is 24.1 Å². The van der Waals surface area contributed by atoms with E-state index >= 15 is 0 Å². The number of rotatable bonds is 7. The van der Waals surface area contributed by atoms with E-state index in [1.54, 1.807) is 0 Å². The number of hydrogen-bond acceptors (Lipinski definition) is 3. The van der Waals surface area contributed by atoms with E-state index in [0.717, 1.165) is 28.2 Å². The number of hydrogen-bond donors (Lipinski definition) is 2. The van der Waals surface area contributed by atoms with Gasteiger partial charge in [0.2, 0.25) is 5.91 Å². The summed E-state index contributed by atoms with van der Waals surface area (Å²) in [6.07, 6.45) is 1.02. The number of H-pyrrole nitrogens is 1. The van der Waals surface area contributed by atoms with E-state index in [1.807, 2.05) is 50.2 Å². The van der Waals surface area contributed by atoms with Gasteiger partial charge in [0.15, 0.2) is 0 Å². The largest absolute Gasteiger partial charge is 0.493 e. The summed E-state index contributed by atoms with van der Waals surface area (Å²) < 4.78 is 5.69. The van der Waals surface area contributed by atoms with Crippen molar-refractivity contribution in [2.45, 2.75) is 26.7 Å². The summed E-state index contributed by atoms with van der Waals surface area (Å²) in [5.41, 5.74) is 4.26. The summed E-state index contributed by atoms with van der Waals surface area (Å²) in [7, 11) is 0. The molecule has 2 aromatic carbocycles. The summed E-state index contributed by atoms with van der Waals surface area (Å²) in [5.74, 6) is 1.70. The molecule has 1 amide bonds. The number of aromatic amines is 1. The molecule has 5 heteroatoms. The highest BCUT2D eigenvalue weighted by Crippen LogP contribution is 2.18. The van der Waals surface area contributed by atoms with E-state index in [9.17, 15) is 4.79 Å². The molecule has 130 valence electrons. The topological polar surface area (TPSA) is 67.0 Å². The number of benzene rings is 2. The van der Waals surface area contributed by atoms with Gasteiger partial charge in [-0.2, -0.15) is 0 Å². The number of carbonyl (C=O) groups is 1. The van der Waals surface area contributed by atoms with Gasteiger partial charge in [-0.25, -0.2) is 4.98 Å². The predicted molar refractivity (Wildman–Crippen MR) is 98.8 cm³/mol. The number of aromatic nitrogens is 2. The first-order chi connectivity index (χ1) is 12.1. The zero-order valence-electron chi connectivity index (χ0n) is 14.6. The first kappa shape index (κ1) is 17.0. The molecule has 0 unspecified atom stereocenters. The molecular weight excluding hydrogens is 314 g/mol. The van der Waals surface area contributed by atoms with E-state index in [0.29, 0.717) is 26.0 Å². The van der Waals surface area contributed by atoms with E-state index in [-0.39, 0.29) is 5.91 Å². The number of nitrogens with zero attached hydrogens (tertiary/aromatic N) is 1. The minimum absolute atomic E-state index is 0.0131. The maximum Gasteiger partial charge on any atom is 0.223 e. The van der Waals surface area contributed by atoms with Crippen LogP contribution in [0.25, 0.3) is 11.0 Å². The van der Waals surface area contributed by atoms with Crippen molar-refractivity contribution in [3.63, 3.8) is 0 Å². The molecule has 3 rings (SSSR count). The molecule has 3 aromatic rings. The first-order valence-corrected chi connectivity index (χ1v) is 8.52. The van der Waals surface area contributed by atoms with Gasteiger partial charge < -0.3 is 15.0 Å². The smallest absolute Gasteiger partial charge is 0.223 e. The Morgan fingerprint density at radius 3 is 2.84 bits per heavy atom. The van der Waals surface area contributed by atoms with Crippen LogP contribution < -0.4 is 10.1 Å². The Balaban J connectivity index is 1.39. The molecule has 0 saturated carbocycles. The normalized spacial score (nSPS) is 10.8. The molecule has 1 heterocycles. The van der Waals surface area contributed by atoms with Gasteiger partial charge in [-0.1, -0.05) is 29.8 Å². The van der Waals surface area contributed by atoms with Gasteiger partial charge in [0.1, 0.15) is 11.6 Å². The summed E-state index contributed by atoms with van der Waals surface area (Å²) >= 11 is 0. The molecule has 0 aliphatic rings. The van der Waals surface area contributed by atoms with Crippen LogP contribution in [-0.2, 0) is 11.2 Å². The molecule has 0 saturated heterocycles. The lowest BCUT2D eigenvalue weighted by Gasteiger charge is -2.09. The number of aryl methyl sites for hydroxylation is 2. The fourth-order valence-corrected chi connectivity index (χ4v) is 2.75. The lowest BCUT2D eigenvalue weighted by atomic mass is 10.1. The minimum Gasteiger partial charge on any atom is -0.493 e. The van der Waals surface area contributed by atoms with E-state index in [4.69, 9.17) is 4.74 Å². The Kier molecular flexibility index (Phi) is 5.33. The third-order valence-electron chi connectivity index (χ3n) is 4.04. The van der Waals surface area contributed by atoms with Crippen LogP contribution in [0.15, 0.2) is 42.5 Å². The number of para-hydroxylation sites is 2. The van der Waals surface area contributed by atoms with Gasteiger partial charge in [0.25, 0.3) is 0 Å². The van der Waals surface area contributed by atoms with Crippen LogP contribution in [0.5, 0.6) is 5.75 Å². The zero-order chi connectivity index (χ0) is 17.6. The van der Waals surface area contributed by atoms with Crippen LogP contribution in [0.3, 0.4) is 0 Å². The Morgan fingerprint density at radius 1 is 1.20 bits per heavy atom. The Morgan fingerprint density at radius 2 is 2.04 bits per heavy atom. The van der Waals surface area contributed by atoms with Crippen LogP contribution in [0.2, 0.25) is 0 Å². The van der Waals surface area contributed by atoms with Gasteiger partial charge in [-0.3, -0.25) is 4.79 Å². The van der Waals surface area contributed by atoms with Gasteiger partial charge in [0, 0.05) is 13.0 Å². The second-order valence-electron chi connectivity index (χ2n) is 6.17. The van der Waals surface area contributed by atoms with Gasteiger partial charge in [-0.05, 0) is 37.6 Å². The molecule has 1 aromatic heterocycles. The third-order valence-corrected chi connectivity index (χ3v) is 4.04. The number of nitrogens with one attached hydrogen (secondary N) is 2. The minimum atomic E-state index is -0.0131. The lowest BCUT2D eigenvalue weighted by molar-refractivity contribution is -0.121. The maximum absolute atomic E-state index is 11.9. The van der Waals surface area contributed by atoms with Crippen molar-refractivity contribution in [1.29, 1.82) is 0 Å². The number of imidazole rings is 1. The highest BCUT2D eigenvalue weighted by atomic mass is 16.5. The predicted octanol–water partition coefficient (Wildman–Crippen LogP) is 3.31. The average Bonchev–Trinajstić information content (AvgIpc) is 2.99. The van der Waals surface area contributed by atoms with Gasteiger partial charge >= 0.3 is 0 Å². The number of ether oxygens (including phenoxy) is 1. The quantitative estimate of drug-likeness (QED) is 0.695. The first-order valence-electron chi connectivity index (χ1n) is 8.52. The molecule has 0 radical (unpaired) electrons. The van der Waals surface area contributed by atoms with Crippen LogP contribution >= 0.6 is 0 Å². The fraction of sp³-hybridized carbons (Fsp3) is 0.300. The average molecular weight is 337 g/mol. The van der Waals surface area contributed by atoms with Crippen molar-refractivity contribution in [3.05, 3.63) is 59.4 Å². The monoisotopic (exact) mass is 337 g/mol. The molecule has 0 spiro atoms. The third kappa shape index (κ3) is 4.59. The second kappa shape index (κ2) is 7.83. The number of fused-ring (bicyclic) bond motifs is 1. The summed E-state index contributed by atoms with van der Waals surface area (Å²) in [6, 6.07) is 13.9. The van der Waals surface area contributed by atoms with Crippen molar-refractivity contribution < 1.29 is 9.53 Å². The second-order valence-corrected chi connectivity index (χ2v) is 6.17. The van der Waals surface area contributed by atoms with E-state index in [1.165, 1.54) is 5.56 Å². The highest BCUT2D eigenvalue weighted by Gasteiger charge is 2.05. The molecule has 2 N–H and O–H groups in total. The Bertz CT molecular complexity index is 837. The van der Waals surface area contributed by atoms with Crippen molar-refractivity contribution in [2.75, 3.05) is 13.2 Å². The zero-order valence-corrected chi connectivity index (χ0v) is 14.6. The fourth-order valence-electron chi connectivity index (χ4n) is 2.75. The molecular formula is C20H23N3O2. The van der Waals surface area contributed by atoms with Crippen LogP contribution in [0.1, 0.15) is 23.4 Å². The van der Waals surface area contributed by atoms with Crippen LogP contribution in [0.4, 0.5) is 0 Å². The summed E-state index contributed by atoms with van der Waals surface area (Å²) in [5, 5.41) is 2.91. The lowest BCUT2D eigenvalue weighted by Crippen LogP contribution is -2.27. The Hall–Kier alpha value is -2.82. The maximum atomic E-state index is 11.9. The highest BCUT2D eigenvalue weighted by molar-refractivity contribution is 5.76. The van der Waals surface area contributed by atoms with Crippen LogP contribution in [-0.4, -0.2) is 29.0 Å². The van der Waals surface area contributed by atoms with Crippen molar-refractivity contribution in [2.24, 2.45) is 0 Å². The van der Waals surface area contributed by atoms with Gasteiger partial charge in [-0.15, -0.1) is 0 Å². The van der Waals surface area contributed by atoms with E-state index in [2.05, 4.69) is 21.4 Å². The summed E-state index contributed by atoms with van der Waals surface area (Å²) in [4.78, 5) is 19.7. The molecule has 0 aliphatic heterocycles. The van der Waals surface area contributed by atoms with Crippen molar-refractivity contribution >= 4 is 16.9 Å². The van der Waals surface area contributed by atoms with E-state index < -0.39 is 0 Å². The molecule has 25 heavy (non-hydrogen) atoms. The molecule has 0 bridgehead atoms. The van der Waals surface area contributed by atoms with Crippen molar-refractivity contribution in [3.8, 4) is 5.75 Å². The van der Waals surface area contributed by atoms with Crippen LogP contribution in [0, 0.1) is 13.8 Å². The molecule has 5 nitrogen and oxygen atoms in total. The standard InChI is InChI=1S/C20H23N3O2/c1-14-7-8-18(15(2)13-14)25-12-10-20(24)21-11-9-19-22-16-5-3-4-6-17(16)23-19/h3-8,13H,9-12H2,1-2H3,(H,21,24)(H,22,23). The molecule has 0 aliphatic carbocycles. The Labute approximate surface area is 147 Å². The number of carbonyl (C=O) groups excluding carboxylic acids is 1. The van der Waals surface area contributed by atoms with Crippen molar-refractivity contribution in [1.82, 2.24) is 15.3 Å².